The third-order valence-electron chi connectivity index (χ3n) is 2.00. The standard InChI is InChI=1S/C11H9BrClNO2/c1-2-16-11(15)7-3-4-10(12)9(6-14)8(7)5-13/h3-4H,2,5H2,1H3. The van der Waals surface area contributed by atoms with Crippen LogP contribution in [0.25, 0.3) is 0 Å². The van der Waals surface area contributed by atoms with Gasteiger partial charge >= 0.3 is 5.97 Å². The van der Waals surface area contributed by atoms with E-state index in [4.69, 9.17) is 21.6 Å². The lowest BCUT2D eigenvalue weighted by Gasteiger charge is -2.09. The molecule has 1 rings (SSSR count). The lowest BCUT2D eigenvalue weighted by atomic mass is 10.0. The number of hydrogen-bond acceptors (Lipinski definition) is 3. The molecule has 0 fully saturated rings. The molecule has 0 aliphatic rings. The molecule has 1 aromatic rings. The topological polar surface area (TPSA) is 50.1 Å². The third kappa shape index (κ3) is 2.55. The average molecular weight is 303 g/mol. The molecule has 0 heterocycles. The van der Waals surface area contributed by atoms with Crippen molar-refractivity contribution in [2.45, 2.75) is 12.8 Å². The Kier molecular flexibility index (Phi) is 4.78. The van der Waals surface area contributed by atoms with Crippen molar-refractivity contribution in [3.63, 3.8) is 0 Å². The Morgan fingerprint density at radius 2 is 2.31 bits per heavy atom. The van der Waals surface area contributed by atoms with Crippen LogP contribution in [0.2, 0.25) is 0 Å². The maximum atomic E-state index is 11.6. The molecule has 1 aromatic carbocycles. The highest BCUT2D eigenvalue weighted by Crippen LogP contribution is 2.25. The summed E-state index contributed by atoms with van der Waals surface area (Å²) in [6, 6.07) is 5.25. The van der Waals surface area contributed by atoms with Crippen LogP contribution in [0, 0.1) is 11.3 Å². The summed E-state index contributed by atoms with van der Waals surface area (Å²) in [5, 5.41) is 8.98. The molecule has 0 unspecified atom stereocenters. The fourth-order valence-electron chi connectivity index (χ4n) is 1.28. The van der Waals surface area contributed by atoms with Gasteiger partial charge in [0.25, 0.3) is 0 Å². The number of carbonyl (C=O) groups excluding carboxylic acids is 1. The molecule has 5 heteroatoms. The van der Waals surface area contributed by atoms with Crippen molar-refractivity contribution >= 4 is 33.5 Å². The van der Waals surface area contributed by atoms with Gasteiger partial charge in [0.05, 0.1) is 17.7 Å². The zero-order valence-electron chi connectivity index (χ0n) is 8.59. The second kappa shape index (κ2) is 5.88. The summed E-state index contributed by atoms with van der Waals surface area (Å²) < 4.78 is 5.51. The van der Waals surface area contributed by atoms with Crippen LogP contribution in [0.5, 0.6) is 0 Å². The molecule has 0 N–H and O–H groups in total. The summed E-state index contributed by atoms with van der Waals surface area (Å²) in [6.45, 7) is 2.01. The zero-order valence-corrected chi connectivity index (χ0v) is 10.9. The normalized spacial score (nSPS) is 9.62. The molecular weight excluding hydrogens is 293 g/mol. The maximum Gasteiger partial charge on any atom is 0.338 e. The Hall–Kier alpha value is -1.05. The number of esters is 1. The van der Waals surface area contributed by atoms with Gasteiger partial charge in [-0.2, -0.15) is 5.26 Å². The van der Waals surface area contributed by atoms with Crippen molar-refractivity contribution < 1.29 is 9.53 Å². The number of rotatable bonds is 3. The molecule has 0 radical (unpaired) electrons. The van der Waals surface area contributed by atoms with Crippen molar-refractivity contribution in [1.82, 2.24) is 0 Å². The fourth-order valence-corrected chi connectivity index (χ4v) is 2.02. The van der Waals surface area contributed by atoms with Gasteiger partial charge in [-0.25, -0.2) is 4.79 Å². The molecule has 0 saturated heterocycles. The molecule has 0 aromatic heterocycles. The van der Waals surface area contributed by atoms with E-state index in [0.717, 1.165) is 0 Å². The van der Waals surface area contributed by atoms with Crippen molar-refractivity contribution in [3.8, 4) is 6.07 Å². The van der Waals surface area contributed by atoms with E-state index in [1.165, 1.54) is 0 Å². The first-order valence-corrected chi connectivity index (χ1v) is 5.93. The summed E-state index contributed by atoms with van der Waals surface area (Å²) in [7, 11) is 0. The zero-order chi connectivity index (χ0) is 12.1. The van der Waals surface area contributed by atoms with E-state index in [0.29, 0.717) is 27.8 Å². The van der Waals surface area contributed by atoms with Crippen LogP contribution in [0.1, 0.15) is 28.4 Å². The summed E-state index contributed by atoms with van der Waals surface area (Å²) in [5.41, 5.74) is 1.22. The van der Waals surface area contributed by atoms with E-state index in [1.54, 1.807) is 19.1 Å². The van der Waals surface area contributed by atoms with E-state index in [1.807, 2.05) is 6.07 Å². The van der Waals surface area contributed by atoms with E-state index in [9.17, 15) is 4.79 Å². The van der Waals surface area contributed by atoms with Gasteiger partial charge in [-0.15, -0.1) is 11.6 Å². The van der Waals surface area contributed by atoms with Gasteiger partial charge < -0.3 is 4.74 Å². The van der Waals surface area contributed by atoms with Crippen molar-refractivity contribution in [3.05, 3.63) is 33.3 Å². The van der Waals surface area contributed by atoms with E-state index in [-0.39, 0.29) is 5.88 Å². The van der Waals surface area contributed by atoms with E-state index >= 15 is 0 Å². The van der Waals surface area contributed by atoms with Gasteiger partial charge in [-0.05, 0) is 35.0 Å². The monoisotopic (exact) mass is 301 g/mol. The van der Waals surface area contributed by atoms with Crippen LogP contribution in [-0.4, -0.2) is 12.6 Å². The maximum absolute atomic E-state index is 11.6. The third-order valence-corrected chi connectivity index (χ3v) is 2.93. The Morgan fingerprint density at radius 1 is 1.62 bits per heavy atom. The summed E-state index contributed by atoms with van der Waals surface area (Å²) in [5.74, 6) is -0.363. The molecule has 16 heavy (non-hydrogen) atoms. The molecule has 84 valence electrons. The van der Waals surface area contributed by atoms with E-state index in [2.05, 4.69) is 15.9 Å². The molecule has 0 amide bonds. The van der Waals surface area contributed by atoms with Crippen molar-refractivity contribution in [2.75, 3.05) is 6.61 Å². The number of ether oxygens (including phenoxy) is 1. The molecular formula is C11H9BrClNO2. The minimum atomic E-state index is -0.456. The van der Waals surface area contributed by atoms with Gasteiger partial charge in [0.15, 0.2) is 0 Å². The van der Waals surface area contributed by atoms with Crippen LogP contribution in [0.3, 0.4) is 0 Å². The second-order valence-corrected chi connectivity index (χ2v) is 4.04. The number of alkyl halides is 1. The number of carbonyl (C=O) groups is 1. The van der Waals surface area contributed by atoms with Gasteiger partial charge in [-0.3, -0.25) is 0 Å². The number of benzene rings is 1. The highest BCUT2D eigenvalue weighted by molar-refractivity contribution is 9.10. The fraction of sp³-hybridized carbons (Fsp3) is 0.273. The number of nitriles is 1. The summed E-state index contributed by atoms with van der Waals surface area (Å²) in [4.78, 5) is 11.6. The smallest absolute Gasteiger partial charge is 0.338 e. The Labute approximate surface area is 107 Å². The minimum absolute atomic E-state index is 0.0937. The molecule has 0 aliphatic carbocycles. The molecule has 0 atom stereocenters. The largest absolute Gasteiger partial charge is 0.462 e. The van der Waals surface area contributed by atoms with Crippen LogP contribution < -0.4 is 0 Å². The predicted octanol–water partition coefficient (Wildman–Crippen LogP) is 3.24. The molecule has 0 saturated carbocycles. The highest BCUT2D eigenvalue weighted by atomic mass is 79.9. The Morgan fingerprint density at radius 3 is 2.81 bits per heavy atom. The average Bonchev–Trinajstić information content (AvgIpc) is 2.28. The van der Waals surface area contributed by atoms with Crippen LogP contribution in [0.4, 0.5) is 0 Å². The second-order valence-electron chi connectivity index (χ2n) is 2.91. The number of hydrogen-bond donors (Lipinski definition) is 0. The quantitative estimate of drug-likeness (QED) is 0.636. The van der Waals surface area contributed by atoms with Crippen LogP contribution in [-0.2, 0) is 10.6 Å². The van der Waals surface area contributed by atoms with E-state index < -0.39 is 5.97 Å². The van der Waals surface area contributed by atoms with Crippen molar-refractivity contribution in [2.24, 2.45) is 0 Å². The van der Waals surface area contributed by atoms with Gasteiger partial charge in [0, 0.05) is 15.9 Å². The van der Waals surface area contributed by atoms with Crippen LogP contribution >= 0.6 is 27.5 Å². The minimum Gasteiger partial charge on any atom is -0.462 e. The number of nitrogens with zero attached hydrogens (tertiary/aromatic N) is 1. The molecule has 3 nitrogen and oxygen atoms in total. The van der Waals surface area contributed by atoms with Gasteiger partial charge in [0.1, 0.15) is 6.07 Å². The summed E-state index contributed by atoms with van der Waals surface area (Å²) in [6.07, 6.45) is 0. The predicted molar refractivity (Wildman–Crippen MR) is 64.4 cm³/mol. The first-order chi connectivity index (χ1) is 7.65. The molecule has 0 spiro atoms. The lowest BCUT2D eigenvalue weighted by molar-refractivity contribution is 0.0525. The Bertz CT molecular complexity index is 454. The first kappa shape index (κ1) is 13.0. The molecule has 0 aliphatic heterocycles. The Balaban J connectivity index is 3.31. The van der Waals surface area contributed by atoms with Gasteiger partial charge in [0.2, 0.25) is 0 Å². The highest BCUT2D eigenvalue weighted by Gasteiger charge is 2.17. The van der Waals surface area contributed by atoms with Gasteiger partial charge in [-0.1, -0.05) is 0 Å². The summed E-state index contributed by atoms with van der Waals surface area (Å²) >= 11 is 8.99. The lowest BCUT2D eigenvalue weighted by Crippen LogP contribution is -2.09. The van der Waals surface area contributed by atoms with Crippen LogP contribution in [0.15, 0.2) is 16.6 Å². The first-order valence-electron chi connectivity index (χ1n) is 4.60. The number of halogens is 2. The molecule has 0 bridgehead atoms. The SMILES string of the molecule is CCOC(=O)c1ccc(Br)c(C#N)c1CCl. The van der Waals surface area contributed by atoms with Crippen molar-refractivity contribution in [1.29, 1.82) is 5.26 Å².